The number of nitrogens with zero attached hydrogens (tertiary/aromatic N) is 1. The van der Waals surface area contributed by atoms with Crippen molar-refractivity contribution in [3.8, 4) is 0 Å². The lowest BCUT2D eigenvalue weighted by molar-refractivity contribution is -0.147. The lowest BCUT2D eigenvalue weighted by Crippen LogP contribution is -2.32. The van der Waals surface area contributed by atoms with Gasteiger partial charge in [-0.1, -0.05) is 43.8 Å². The molecule has 2 amide bonds. The van der Waals surface area contributed by atoms with Gasteiger partial charge in [-0.3, -0.25) is 14.4 Å². The van der Waals surface area contributed by atoms with Gasteiger partial charge in [0.15, 0.2) is 6.61 Å². The van der Waals surface area contributed by atoms with Crippen LogP contribution in [-0.4, -0.2) is 47.5 Å². The molecule has 130 valence electrons. The molecule has 1 aliphatic heterocycles. The number of hydrogen-bond donors (Lipinski definition) is 1. The first-order chi connectivity index (χ1) is 11.5. The first kappa shape index (κ1) is 18.3. The van der Waals surface area contributed by atoms with Crippen LogP contribution in [0.5, 0.6) is 0 Å². The highest BCUT2D eigenvalue weighted by Crippen LogP contribution is 2.26. The highest BCUT2D eigenvalue weighted by Gasteiger charge is 2.24. The van der Waals surface area contributed by atoms with E-state index in [0.717, 1.165) is 17.7 Å². The molecule has 0 unspecified atom stereocenters. The zero-order chi connectivity index (χ0) is 17.5. The minimum Gasteiger partial charge on any atom is -0.454 e. The van der Waals surface area contributed by atoms with E-state index in [4.69, 9.17) is 4.74 Å². The van der Waals surface area contributed by atoms with Gasteiger partial charge in [0.2, 0.25) is 0 Å². The number of anilines is 1. The van der Waals surface area contributed by atoms with Crippen LogP contribution >= 0.6 is 11.8 Å². The SMILES string of the molecule is CC[C@@H](C)c1ccccc1NC(=O)COC(=O)CN1CCSC1=O. The number of nitrogens with one attached hydrogen (secondary N) is 1. The summed E-state index contributed by atoms with van der Waals surface area (Å²) in [5.74, 6) is 0.0408. The number of hydrogen-bond acceptors (Lipinski definition) is 5. The normalized spacial score (nSPS) is 15.2. The fraction of sp³-hybridized carbons (Fsp3) is 0.471. The Morgan fingerprint density at radius 3 is 2.79 bits per heavy atom. The molecule has 0 aromatic heterocycles. The number of ether oxygens (including phenoxy) is 1. The lowest BCUT2D eigenvalue weighted by Gasteiger charge is -2.16. The topological polar surface area (TPSA) is 75.7 Å². The quantitative estimate of drug-likeness (QED) is 0.765. The predicted octanol–water partition coefficient (Wildman–Crippen LogP) is 2.85. The van der Waals surface area contributed by atoms with E-state index in [2.05, 4.69) is 19.2 Å². The van der Waals surface area contributed by atoms with Gasteiger partial charge in [0.25, 0.3) is 11.1 Å². The largest absolute Gasteiger partial charge is 0.454 e. The van der Waals surface area contributed by atoms with E-state index in [1.165, 1.54) is 16.7 Å². The average Bonchev–Trinajstić information content (AvgIpc) is 2.97. The van der Waals surface area contributed by atoms with Gasteiger partial charge in [-0.15, -0.1) is 0 Å². The molecule has 1 aromatic rings. The molecule has 7 heteroatoms. The van der Waals surface area contributed by atoms with Crippen LogP contribution in [0.25, 0.3) is 0 Å². The van der Waals surface area contributed by atoms with Gasteiger partial charge in [-0.25, -0.2) is 0 Å². The number of rotatable bonds is 7. The number of amides is 2. The molecule has 1 aromatic carbocycles. The Hall–Kier alpha value is -2.02. The molecule has 1 fully saturated rings. The summed E-state index contributed by atoms with van der Waals surface area (Å²) in [6.07, 6.45) is 0.962. The van der Waals surface area contributed by atoms with E-state index in [0.29, 0.717) is 18.2 Å². The highest BCUT2D eigenvalue weighted by molar-refractivity contribution is 8.13. The van der Waals surface area contributed by atoms with Gasteiger partial charge < -0.3 is 15.0 Å². The standard InChI is InChI=1S/C17H22N2O4S/c1-3-12(2)13-6-4-5-7-14(13)18-15(20)11-23-16(21)10-19-8-9-24-17(19)22/h4-7,12H,3,8-11H2,1-2H3,(H,18,20)/t12-/m1/s1. The van der Waals surface area contributed by atoms with Crippen LogP contribution in [0.1, 0.15) is 31.7 Å². The summed E-state index contributed by atoms with van der Waals surface area (Å²) in [5, 5.41) is 2.66. The lowest BCUT2D eigenvalue weighted by atomic mass is 9.97. The Labute approximate surface area is 145 Å². The van der Waals surface area contributed by atoms with Crippen molar-refractivity contribution in [1.29, 1.82) is 0 Å². The third-order valence-electron chi connectivity index (χ3n) is 3.91. The summed E-state index contributed by atoms with van der Waals surface area (Å²) < 4.78 is 4.96. The second-order valence-electron chi connectivity index (χ2n) is 5.64. The van der Waals surface area contributed by atoms with Gasteiger partial charge in [-0.2, -0.15) is 0 Å². The number of carbonyl (C=O) groups is 3. The Morgan fingerprint density at radius 1 is 1.38 bits per heavy atom. The number of thioether (sulfide) groups is 1. The number of para-hydroxylation sites is 1. The average molecular weight is 350 g/mol. The first-order valence-corrected chi connectivity index (χ1v) is 8.96. The molecule has 0 radical (unpaired) electrons. The van der Waals surface area contributed by atoms with Crippen molar-refractivity contribution in [2.75, 3.05) is 30.8 Å². The Kier molecular flexibility index (Phi) is 6.66. The van der Waals surface area contributed by atoms with Crippen molar-refractivity contribution in [2.45, 2.75) is 26.2 Å². The van der Waals surface area contributed by atoms with Gasteiger partial charge >= 0.3 is 5.97 Å². The van der Waals surface area contributed by atoms with E-state index in [9.17, 15) is 14.4 Å². The minimum atomic E-state index is -0.573. The van der Waals surface area contributed by atoms with Crippen LogP contribution in [0.4, 0.5) is 10.5 Å². The Bertz CT molecular complexity index is 620. The van der Waals surface area contributed by atoms with Crippen molar-refractivity contribution in [2.24, 2.45) is 0 Å². The van der Waals surface area contributed by atoms with Crippen LogP contribution in [0.3, 0.4) is 0 Å². The molecule has 1 aliphatic rings. The molecule has 24 heavy (non-hydrogen) atoms. The minimum absolute atomic E-state index is 0.109. The summed E-state index contributed by atoms with van der Waals surface area (Å²) in [7, 11) is 0. The molecular weight excluding hydrogens is 328 g/mol. The van der Waals surface area contributed by atoms with Crippen LogP contribution < -0.4 is 5.32 Å². The molecule has 1 heterocycles. The van der Waals surface area contributed by atoms with Gasteiger partial charge in [0.05, 0.1) is 0 Å². The van der Waals surface area contributed by atoms with Crippen LogP contribution in [0.2, 0.25) is 0 Å². The molecule has 0 spiro atoms. The molecule has 1 atom stereocenters. The van der Waals surface area contributed by atoms with Crippen LogP contribution in [0, 0.1) is 0 Å². The van der Waals surface area contributed by atoms with Crippen molar-refractivity contribution in [3.63, 3.8) is 0 Å². The fourth-order valence-corrected chi connectivity index (χ4v) is 3.19. The third kappa shape index (κ3) is 4.99. The molecule has 1 saturated heterocycles. The maximum absolute atomic E-state index is 12.0. The zero-order valence-electron chi connectivity index (χ0n) is 13.9. The molecule has 1 N–H and O–H groups in total. The third-order valence-corrected chi connectivity index (χ3v) is 4.80. The first-order valence-electron chi connectivity index (χ1n) is 7.97. The predicted molar refractivity (Wildman–Crippen MR) is 94.2 cm³/mol. The smallest absolute Gasteiger partial charge is 0.326 e. The molecule has 6 nitrogen and oxygen atoms in total. The van der Waals surface area contributed by atoms with E-state index in [-0.39, 0.29) is 24.3 Å². The summed E-state index contributed by atoms with van der Waals surface area (Å²) in [6.45, 7) is 4.25. The number of benzene rings is 1. The Balaban J connectivity index is 1.83. The highest BCUT2D eigenvalue weighted by atomic mass is 32.2. The summed E-state index contributed by atoms with van der Waals surface area (Å²) >= 11 is 1.18. The molecule has 2 rings (SSSR count). The summed E-state index contributed by atoms with van der Waals surface area (Å²) in [6, 6.07) is 7.60. The molecule has 0 aliphatic carbocycles. The number of esters is 1. The van der Waals surface area contributed by atoms with Gasteiger partial charge in [0.1, 0.15) is 6.54 Å². The zero-order valence-corrected chi connectivity index (χ0v) is 14.7. The van der Waals surface area contributed by atoms with E-state index in [1.54, 1.807) is 0 Å². The molecule has 0 saturated carbocycles. The second-order valence-corrected chi connectivity index (χ2v) is 6.69. The van der Waals surface area contributed by atoms with Crippen LogP contribution in [-0.2, 0) is 14.3 Å². The maximum Gasteiger partial charge on any atom is 0.326 e. The van der Waals surface area contributed by atoms with Crippen LogP contribution in [0.15, 0.2) is 24.3 Å². The van der Waals surface area contributed by atoms with Crippen molar-refractivity contribution < 1.29 is 19.1 Å². The van der Waals surface area contributed by atoms with Crippen molar-refractivity contribution in [3.05, 3.63) is 29.8 Å². The van der Waals surface area contributed by atoms with Crippen molar-refractivity contribution >= 4 is 34.6 Å². The van der Waals surface area contributed by atoms with E-state index in [1.807, 2.05) is 24.3 Å². The van der Waals surface area contributed by atoms with Crippen molar-refractivity contribution in [1.82, 2.24) is 4.90 Å². The van der Waals surface area contributed by atoms with Gasteiger partial charge in [0, 0.05) is 18.0 Å². The molecule has 0 bridgehead atoms. The second kappa shape index (κ2) is 8.73. The Morgan fingerprint density at radius 2 is 2.12 bits per heavy atom. The summed E-state index contributed by atoms with van der Waals surface area (Å²) in [5.41, 5.74) is 1.79. The summed E-state index contributed by atoms with van der Waals surface area (Å²) in [4.78, 5) is 36.6. The van der Waals surface area contributed by atoms with Gasteiger partial charge in [-0.05, 0) is 24.0 Å². The monoisotopic (exact) mass is 350 g/mol. The molecular formula is C17H22N2O4S. The van der Waals surface area contributed by atoms with E-state index < -0.39 is 5.97 Å². The number of carbonyl (C=O) groups excluding carboxylic acids is 3. The fourth-order valence-electron chi connectivity index (χ4n) is 2.36. The van der Waals surface area contributed by atoms with E-state index >= 15 is 0 Å². The maximum atomic E-state index is 12.0.